The number of benzene rings is 1. The summed E-state index contributed by atoms with van der Waals surface area (Å²) in [5.74, 6) is 0.834. The van der Waals surface area contributed by atoms with Gasteiger partial charge >= 0.3 is 0 Å². The summed E-state index contributed by atoms with van der Waals surface area (Å²) in [6.07, 6.45) is 7.34. The fourth-order valence-electron chi connectivity index (χ4n) is 3.72. The number of rotatable bonds is 3. The van der Waals surface area contributed by atoms with Gasteiger partial charge < -0.3 is 10.6 Å². The smallest absolute Gasteiger partial charge is 0.237 e. The first-order chi connectivity index (χ1) is 10.2. The second kappa shape index (κ2) is 7.98. The van der Waals surface area contributed by atoms with Crippen molar-refractivity contribution < 1.29 is 4.79 Å². The van der Waals surface area contributed by atoms with E-state index in [4.69, 9.17) is 0 Å². The number of fused-ring (bicyclic) bond motifs is 1. The Labute approximate surface area is 139 Å². The second-order valence-electron chi connectivity index (χ2n) is 6.60. The maximum Gasteiger partial charge on any atom is 0.237 e. The van der Waals surface area contributed by atoms with Gasteiger partial charge in [0.15, 0.2) is 0 Å². The molecule has 0 saturated heterocycles. The van der Waals surface area contributed by atoms with Crippen LogP contribution in [-0.4, -0.2) is 18.0 Å². The summed E-state index contributed by atoms with van der Waals surface area (Å²) in [6, 6.07) is 8.63. The Morgan fingerprint density at radius 3 is 2.59 bits per heavy atom. The summed E-state index contributed by atoms with van der Waals surface area (Å²) in [6.45, 7) is 2.97. The monoisotopic (exact) mass is 322 g/mol. The largest absolute Gasteiger partial charge is 0.352 e. The molecule has 2 N–H and O–H groups in total. The first-order valence-electron chi connectivity index (χ1n) is 8.34. The van der Waals surface area contributed by atoms with E-state index in [1.807, 2.05) is 0 Å². The molecule has 3 nitrogen and oxygen atoms in total. The van der Waals surface area contributed by atoms with Crippen LogP contribution in [0.15, 0.2) is 24.3 Å². The zero-order chi connectivity index (χ0) is 14.7. The van der Waals surface area contributed by atoms with E-state index >= 15 is 0 Å². The highest BCUT2D eigenvalue weighted by Gasteiger charge is 2.27. The molecular weight excluding hydrogens is 296 g/mol. The van der Waals surface area contributed by atoms with Gasteiger partial charge in [-0.3, -0.25) is 4.79 Å². The molecule has 1 aliphatic heterocycles. The Morgan fingerprint density at radius 1 is 1.18 bits per heavy atom. The maximum atomic E-state index is 12.5. The number of nitrogens with one attached hydrogen (secondary N) is 2. The van der Waals surface area contributed by atoms with Crippen LogP contribution in [0.1, 0.15) is 50.2 Å². The summed E-state index contributed by atoms with van der Waals surface area (Å²) in [5, 5.41) is 6.62. The zero-order valence-corrected chi connectivity index (χ0v) is 14.1. The fourth-order valence-corrected chi connectivity index (χ4v) is 3.72. The predicted octanol–water partition coefficient (Wildman–Crippen LogP) is 3.21. The van der Waals surface area contributed by atoms with Crippen LogP contribution in [0.5, 0.6) is 0 Å². The Kier molecular flexibility index (Phi) is 6.27. The number of carbonyl (C=O) groups is 1. The van der Waals surface area contributed by atoms with Gasteiger partial charge in [0.1, 0.15) is 0 Å². The van der Waals surface area contributed by atoms with Gasteiger partial charge in [0.05, 0.1) is 6.04 Å². The van der Waals surface area contributed by atoms with Crippen molar-refractivity contribution in [2.45, 2.75) is 64.1 Å². The van der Waals surface area contributed by atoms with Gasteiger partial charge in [0.2, 0.25) is 5.91 Å². The number of hydrogen-bond donors (Lipinski definition) is 2. The van der Waals surface area contributed by atoms with Crippen LogP contribution in [0.2, 0.25) is 0 Å². The molecular formula is C18H27ClN2O. The summed E-state index contributed by atoms with van der Waals surface area (Å²) in [5.41, 5.74) is 2.63. The minimum absolute atomic E-state index is 0. The second-order valence-corrected chi connectivity index (χ2v) is 6.60. The van der Waals surface area contributed by atoms with E-state index in [0.29, 0.717) is 12.0 Å². The van der Waals surface area contributed by atoms with Crippen molar-refractivity contribution in [3.05, 3.63) is 35.4 Å². The number of hydrogen-bond acceptors (Lipinski definition) is 2. The van der Waals surface area contributed by atoms with E-state index < -0.39 is 0 Å². The highest BCUT2D eigenvalue weighted by atomic mass is 35.5. The molecule has 1 aromatic rings. The topological polar surface area (TPSA) is 41.1 Å². The molecule has 1 amide bonds. The molecule has 0 spiro atoms. The van der Waals surface area contributed by atoms with Crippen LogP contribution in [0, 0.1) is 5.92 Å². The summed E-state index contributed by atoms with van der Waals surface area (Å²) < 4.78 is 0. The van der Waals surface area contributed by atoms with Gasteiger partial charge in [0.25, 0.3) is 0 Å². The Morgan fingerprint density at radius 2 is 1.86 bits per heavy atom. The molecule has 2 unspecified atom stereocenters. The average Bonchev–Trinajstić information content (AvgIpc) is 2.55. The van der Waals surface area contributed by atoms with Crippen molar-refractivity contribution >= 4 is 18.3 Å². The van der Waals surface area contributed by atoms with Crippen LogP contribution < -0.4 is 10.6 Å². The lowest BCUT2D eigenvalue weighted by molar-refractivity contribution is -0.124. The Hall–Kier alpha value is -1.06. The van der Waals surface area contributed by atoms with Crippen LogP contribution in [0.3, 0.4) is 0 Å². The van der Waals surface area contributed by atoms with Crippen LogP contribution >= 0.6 is 12.4 Å². The molecule has 1 aromatic carbocycles. The third kappa shape index (κ3) is 4.02. The molecule has 0 bridgehead atoms. The highest BCUT2D eigenvalue weighted by molar-refractivity contribution is 5.85. The van der Waals surface area contributed by atoms with Crippen molar-refractivity contribution in [3.8, 4) is 0 Å². The zero-order valence-electron chi connectivity index (χ0n) is 13.3. The van der Waals surface area contributed by atoms with Gasteiger partial charge in [0, 0.05) is 12.6 Å². The Balaban J connectivity index is 0.00000176. The summed E-state index contributed by atoms with van der Waals surface area (Å²) in [4.78, 5) is 12.5. The molecule has 1 saturated carbocycles. The molecule has 2 atom stereocenters. The van der Waals surface area contributed by atoms with E-state index in [9.17, 15) is 4.79 Å². The SMILES string of the molecule is CC(NC(=O)C1Cc2ccccc2CN1)C1CCCCC1.Cl. The third-order valence-corrected chi connectivity index (χ3v) is 5.12. The normalized spacial score (nSPS) is 23.0. The van der Waals surface area contributed by atoms with E-state index in [-0.39, 0.29) is 24.4 Å². The van der Waals surface area contributed by atoms with E-state index in [0.717, 1.165) is 13.0 Å². The van der Waals surface area contributed by atoms with E-state index in [1.54, 1.807) is 0 Å². The highest BCUT2D eigenvalue weighted by Crippen LogP contribution is 2.26. The van der Waals surface area contributed by atoms with E-state index in [1.165, 1.54) is 43.2 Å². The summed E-state index contributed by atoms with van der Waals surface area (Å²) in [7, 11) is 0. The van der Waals surface area contributed by atoms with Gasteiger partial charge in [-0.2, -0.15) is 0 Å². The fraction of sp³-hybridized carbons (Fsp3) is 0.611. The van der Waals surface area contributed by atoms with Crippen molar-refractivity contribution in [1.82, 2.24) is 10.6 Å². The Bertz CT molecular complexity index is 500. The predicted molar refractivity (Wildman–Crippen MR) is 92.2 cm³/mol. The van der Waals surface area contributed by atoms with Crippen molar-refractivity contribution in [2.75, 3.05) is 0 Å². The molecule has 22 heavy (non-hydrogen) atoms. The summed E-state index contributed by atoms with van der Waals surface area (Å²) >= 11 is 0. The van der Waals surface area contributed by atoms with Crippen molar-refractivity contribution in [1.29, 1.82) is 0 Å². The molecule has 0 radical (unpaired) electrons. The van der Waals surface area contributed by atoms with Gasteiger partial charge in [-0.15, -0.1) is 12.4 Å². The van der Waals surface area contributed by atoms with Crippen LogP contribution in [-0.2, 0) is 17.8 Å². The molecule has 0 aromatic heterocycles. The standard InChI is InChI=1S/C18H26N2O.ClH/c1-13(14-7-3-2-4-8-14)20-18(21)17-11-15-9-5-6-10-16(15)12-19-17;/h5-6,9-10,13-14,17,19H,2-4,7-8,11-12H2,1H3,(H,20,21);1H. The minimum Gasteiger partial charge on any atom is -0.352 e. The lowest BCUT2D eigenvalue weighted by atomic mass is 9.84. The number of carbonyl (C=O) groups excluding carboxylic acids is 1. The van der Waals surface area contributed by atoms with Crippen molar-refractivity contribution in [2.24, 2.45) is 5.92 Å². The van der Waals surface area contributed by atoms with Gasteiger partial charge in [-0.05, 0) is 43.2 Å². The third-order valence-electron chi connectivity index (χ3n) is 5.12. The molecule has 3 rings (SSSR count). The number of amides is 1. The molecule has 1 aliphatic carbocycles. The quantitative estimate of drug-likeness (QED) is 0.897. The lowest BCUT2D eigenvalue weighted by Crippen LogP contribution is -2.51. The minimum atomic E-state index is -0.0778. The lowest BCUT2D eigenvalue weighted by Gasteiger charge is -2.31. The molecule has 122 valence electrons. The molecule has 1 heterocycles. The first-order valence-corrected chi connectivity index (χ1v) is 8.34. The van der Waals surface area contributed by atoms with E-state index in [2.05, 4.69) is 41.8 Å². The molecule has 1 fully saturated rings. The first kappa shape index (κ1) is 17.3. The van der Waals surface area contributed by atoms with Crippen LogP contribution in [0.4, 0.5) is 0 Å². The maximum absolute atomic E-state index is 12.5. The van der Waals surface area contributed by atoms with Crippen LogP contribution in [0.25, 0.3) is 0 Å². The molecule has 4 heteroatoms. The number of halogens is 1. The average molecular weight is 323 g/mol. The van der Waals surface area contributed by atoms with Gasteiger partial charge in [-0.25, -0.2) is 0 Å². The van der Waals surface area contributed by atoms with Gasteiger partial charge in [-0.1, -0.05) is 43.5 Å². The molecule has 2 aliphatic rings. The van der Waals surface area contributed by atoms with Crippen molar-refractivity contribution in [3.63, 3.8) is 0 Å².